The Kier molecular flexibility index (Phi) is 8.20. The van der Waals surface area contributed by atoms with Crippen LogP contribution in [0, 0.1) is 13.8 Å². The van der Waals surface area contributed by atoms with E-state index in [9.17, 15) is 0 Å². The Morgan fingerprint density at radius 1 is 0.500 bits per heavy atom. The van der Waals surface area contributed by atoms with E-state index in [1.807, 2.05) is 31.2 Å². The first kappa shape index (κ1) is 24.8. The zero-order chi connectivity index (χ0) is 25.3. The van der Waals surface area contributed by atoms with E-state index in [4.69, 9.17) is 5.73 Å². The fourth-order valence-electron chi connectivity index (χ4n) is 4.02. The van der Waals surface area contributed by atoms with E-state index in [1.165, 1.54) is 39.2 Å². The molecule has 0 radical (unpaired) electrons. The summed E-state index contributed by atoms with van der Waals surface area (Å²) in [7, 11) is 0. The molecule has 36 heavy (non-hydrogen) atoms. The summed E-state index contributed by atoms with van der Waals surface area (Å²) in [5.74, 6) is 0. The highest BCUT2D eigenvalue weighted by Crippen LogP contribution is 2.35. The van der Waals surface area contributed by atoms with Gasteiger partial charge in [-0.3, -0.25) is 0 Å². The van der Waals surface area contributed by atoms with Crippen LogP contribution in [0.25, 0.3) is 11.1 Å². The van der Waals surface area contributed by atoms with E-state index in [0.29, 0.717) is 0 Å². The lowest BCUT2D eigenvalue weighted by Crippen LogP contribution is -2.09. The topological polar surface area (TPSA) is 29.3 Å². The minimum Gasteiger partial charge on any atom is -0.399 e. The molecule has 0 saturated carbocycles. The van der Waals surface area contributed by atoms with Crippen molar-refractivity contribution in [1.82, 2.24) is 0 Å². The number of nitrogens with two attached hydrogens (primary N) is 1. The second-order valence-electron chi connectivity index (χ2n) is 9.01. The molecule has 0 aliphatic heterocycles. The normalized spacial score (nSPS) is 10.3. The molecule has 5 aromatic rings. The summed E-state index contributed by atoms with van der Waals surface area (Å²) in [6.45, 7) is 6.35. The van der Waals surface area contributed by atoms with Crippen LogP contribution < -0.4 is 10.6 Å². The van der Waals surface area contributed by atoms with Crippen molar-refractivity contribution in [2.75, 3.05) is 10.6 Å². The molecular weight excluding hydrogens is 436 g/mol. The van der Waals surface area contributed by atoms with Crippen LogP contribution in [-0.2, 0) is 6.42 Å². The zero-order valence-corrected chi connectivity index (χ0v) is 21.4. The van der Waals surface area contributed by atoms with Crippen LogP contribution in [0.5, 0.6) is 0 Å². The minimum atomic E-state index is 0.829. The molecule has 2 N–H and O–H groups in total. The van der Waals surface area contributed by atoms with Gasteiger partial charge in [-0.2, -0.15) is 0 Å². The van der Waals surface area contributed by atoms with Gasteiger partial charge >= 0.3 is 0 Å². The Labute approximate surface area is 215 Å². The number of nitrogen functional groups attached to an aromatic ring is 1. The van der Waals surface area contributed by atoms with E-state index in [-0.39, 0.29) is 0 Å². The van der Waals surface area contributed by atoms with Crippen LogP contribution in [0.4, 0.5) is 22.7 Å². The summed E-state index contributed by atoms with van der Waals surface area (Å²) in [4.78, 5) is 2.31. The maximum atomic E-state index is 5.43. The molecule has 0 aromatic heterocycles. The predicted molar refractivity (Wildman–Crippen MR) is 156 cm³/mol. The molecule has 0 aliphatic rings. The van der Waals surface area contributed by atoms with Gasteiger partial charge in [0, 0.05) is 22.7 Å². The third-order valence-electron chi connectivity index (χ3n) is 6.20. The maximum Gasteiger partial charge on any atom is 0.0462 e. The molecule has 0 aliphatic carbocycles. The van der Waals surface area contributed by atoms with Crippen molar-refractivity contribution in [3.8, 4) is 11.1 Å². The predicted octanol–water partition coefficient (Wildman–Crippen LogP) is 9.27. The molecule has 2 heteroatoms. The molecule has 0 saturated heterocycles. The van der Waals surface area contributed by atoms with Gasteiger partial charge in [0.2, 0.25) is 0 Å². The van der Waals surface area contributed by atoms with Gasteiger partial charge in [0.05, 0.1) is 0 Å². The van der Waals surface area contributed by atoms with E-state index < -0.39 is 0 Å². The molecule has 2 nitrogen and oxygen atoms in total. The molecule has 5 aromatic carbocycles. The first-order valence-corrected chi connectivity index (χ1v) is 12.5. The van der Waals surface area contributed by atoms with Gasteiger partial charge in [-0.05, 0) is 85.5 Å². The van der Waals surface area contributed by atoms with Crippen LogP contribution in [0.3, 0.4) is 0 Å². The molecular formula is C34H34N2. The Balaban J connectivity index is 0.000000325. The quantitative estimate of drug-likeness (QED) is 0.259. The number of hydrogen-bond donors (Lipinski definition) is 1. The van der Waals surface area contributed by atoms with Crippen molar-refractivity contribution in [3.05, 3.63) is 144 Å². The third-order valence-corrected chi connectivity index (χ3v) is 6.20. The Morgan fingerprint density at radius 2 is 0.917 bits per heavy atom. The highest BCUT2D eigenvalue weighted by atomic mass is 15.1. The minimum absolute atomic E-state index is 0.829. The van der Waals surface area contributed by atoms with Crippen LogP contribution in [0.1, 0.15) is 23.6 Å². The Hall–Kier alpha value is -4.30. The lowest BCUT2D eigenvalue weighted by atomic mass is 10.0. The first-order chi connectivity index (χ1) is 17.5. The molecule has 0 amide bonds. The van der Waals surface area contributed by atoms with Gasteiger partial charge < -0.3 is 10.6 Å². The third kappa shape index (κ3) is 6.43. The number of rotatable bonds is 5. The van der Waals surface area contributed by atoms with Crippen LogP contribution >= 0.6 is 0 Å². The van der Waals surface area contributed by atoms with Crippen molar-refractivity contribution in [1.29, 1.82) is 0 Å². The van der Waals surface area contributed by atoms with Gasteiger partial charge in [0.25, 0.3) is 0 Å². The van der Waals surface area contributed by atoms with E-state index in [2.05, 4.69) is 122 Å². The molecule has 5 rings (SSSR count). The highest BCUT2D eigenvalue weighted by Gasteiger charge is 2.12. The van der Waals surface area contributed by atoms with Crippen LogP contribution in [0.2, 0.25) is 0 Å². The monoisotopic (exact) mass is 470 g/mol. The van der Waals surface area contributed by atoms with Crippen LogP contribution in [0.15, 0.2) is 127 Å². The molecule has 0 unspecified atom stereocenters. The van der Waals surface area contributed by atoms with Gasteiger partial charge in [0.15, 0.2) is 0 Å². The zero-order valence-electron chi connectivity index (χ0n) is 21.4. The van der Waals surface area contributed by atoms with Crippen molar-refractivity contribution in [3.63, 3.8) is 0 Å². The van der Waals surface area contributed by atoms with Crippen LogP contribution in [-0.4, -0.2) is 0 Å². The SMILES string of the molecule is CCc1ccc(N(c2ccc(C)cc2)c2ccc(-c3ccccc3)cc2)cc1.Cc1ccc(N)cc1. The van der Waals surface area contributed by atoms with Crippen molar-refractivity contribution < 1.29 is 0 Å². The number of anilines is 4. The van der Waals surface area contributed by atoms with E-state index >= 15 is 0 Å². The maximum absolute atomic E-state index is 5.43. The van der Waals surface area contributed by atoms with Gasteiger partial charge in [-0.15, -0.1) is 0 Å². The fraction of sp³-hybridized carbons (Fsp3) is 0.118. The number of benzene rings is 5. The second-order valence-corrected chi connectivity index (χ2v) is 9.01. The summed E-state index contributed by atoms with van der Waals surface area (Å²) in [6, 6.07) is 44.7. The summed E-state index contributed by atoms with van der Waals surface area (Å²) in [5.41, 5.74) is 16.1. The van der Waals surface area contributed by atoms with Gasteiger partial charge in [-0.1, -0.05) is 96.9 Å². The standard InChI is InChI=1S/C27H25N.C7H9N/c1-3-22-11-17-26(18-12-22)28(25-15-9-21(2)10-16-25)27-19-13-24(14-20-27)23-7-5-4-6-8-23;1-6-2-4-7(8)5-3-6/h4-20H,3H2,1-2H3;2-5H,8H2,1H3. The summed E-state index contributed by atoms with van der Waals surface area (Å²) in [5, 5.41) is 0. The lowest BCUT2D eigenvalue weighted by Gasteiger charge is -2.26. The number of hydrogen-bond acceptors (Lipinski definition) is 2. The van der Waals surface area contributed by atoms with E-state index in [0.717, 1.165) is 17.8 Å². The Morgan fingerprint density at radius 3 is 1.39 bits per heavy atom. The summed E-state index contributed by atoms with van der Waals surface area (Å²) in [6.07, 6.45) is 1.05. The average molecular weight is 471 g/mol. The molecule has 0 atom stereocenters. The summed E-state index contributed by atoms with van der Waals surface area (Å²) < 4.78 is 0. The molecule has 0 bridgehead atoms. The second kappa shape index (κ2) is 11.9. The molecule has 180 valence electrons. The molecule has 0 heterocycles. The lowest BCUT2D eigenvalue weighted by molar-refractivity contribution is 1.14. The largest absolute Gasteiger partial charge is 0.399 e. The fourth-order valence-corrected chi connectivity index (χ4v) is 4.02. The van der Waals surface area contributed by atoms with E-state index in [1.54, 1.807) is 0 Å². The molecule has 0 spiro atoms. The average Bonchev–Trinajstić information content (AvgIpc) is 2.93. The van der Waals surface area contributed by atoms with Crippen molar-refractivity contribution >= 4 is 22.7 Å². The first-order valence-electron chi connectivity index (χ1n) is 12.5. The van der Waals surface area contributed by atoms with Crippen molar-refractivity contribution in [2.45, 2.75) is 27.2 Å². The number of aryl methyl sites for hydroxylation is 3. The summed E-state index contributed by atoms with van der Waals surface area (Å²) >= 11 is 0. The molecule has 0 fully saturated rings. The van der Waals surface area contributed by atoms with Crippen molar-refractivity contribution in [2.24, 2.45) is 0 Å². The Bertz CT molecular complexity index is 1320. The van der Waals surface area contributed by atoms with Gasteiger partial charge in [0.1, 0.15) is 0 Å². The van der Waals surface area contributed by atoms with Gasteiger partial charge in [-0.25, -0.2) is 0 Å². The number of nitrogens with zero attached hydrogens (tertiary/aromatic N) is 1. The smallest absolute Gasteiger partial charge is 0.0462 e. The highest BCUT2D eigenvalue weighted by molar-refractivity contribution is 5.78.